The van der Waals surface area contributed by atoms with Crippen molar-refractivity contribution < 1.29 is 4.74 Å². The predicted octanol–water partition coefficient (Wildman–Crippen LogP) is 2.32. The molecule has 4 heteroatoms. The molecule has 2 aliphatic rings. The first-order chi connectivity index (χ1) is 8.86. The molecular weight excluding hydrogens is 226 g/mol. The lowest BCUT2D eigenvalue weighted by Gasteiger charge is -2.33. The van der Waals surface area contributed by atoms with Gasteiger partial charge < -0.3 is 10.1 Å². The fraction of sp³-hybridized carbons (Fsp3) is 0.571. The monoisotopic (exact) mass is 243 g/mol. The van der Waals surface area contributed by atoms with Crippen molar-refractivity contribution in [3.8, 4) is 6.07 Å². The van der Waals surface area contributed by atoms with Gasteiger partial charge in [-0.3, -0.25) is 0 Å². The first kappa shape index (κ1) is 11.5. The minimum atomic E-state index is 0.439. The molecule has 1 aliphatic heterocycles. The summed E-state index contributed by atoms with van der Waals surface area (Å²) in [6.45, 7) is 0.897. The maximum Gasteiger partial charge on any atom is 0.126 e. The highest BCUT2D eigenvalue weighted by molar-refractivity contribution is 5.40. The Bertz CT molecular complexity index is 451. The summed E-state index contributed by atoms with van der Waals surface area (Å²) in [4.78, 5) is 4.28. The van der Waals surface area contributed by atoms with Crippen molar-refractivity contribution in [2.45, 2.75) is 37.8 Å². The highest BCUT2D eigenvalue weighted by atomic mass is 16.5. The SMILES string of the molecule is N#Cc1ccc(N[C@@H]2CCC[C@@H]3OCC[C@@H]32)nc1. The van der Waals surface area contributed by atoms with Crippen LogP contribution in [0.1, 0.15) is 31.2 Å². The van der Waals surface area contributed by atoms with Gasteiger partial charge in [0.25, 0.3) is 0 Å². The van der Waals surface area contributed by atoms with Gasteiger partial charge in [0.1, 0.15) is 11.9 Å². The summed E-state index contributed by atoms with van der Waals surface area (Å²) < 4.78 is 5.76. The molecule has 94 valence electrons. The number of hydrogen-bond acceptors (Lipinski definition) is 4. The first-order valence-electron chi connectivity index (χ1n) is 6.61. The predicted molar refractivity (Wildman–Crippen MR) is 68.1 cm³/mol. The number of ether oxygens (including phenoxy) is 1. The van der Waals surface area contributed by atoms with Crippen LogP contribution in [0.15, 0.2) is 18.3 Å². The van der Waals surface area contributed by atoms with Gasteiger partial charge >= 0.3 is 0 Å². The molecule has 1 N–H and O–H groups in total. The second kappa shape index (κ2) is 4.95. The van der Waals surface area contributed by atoms with E-state index in [1.165, 1.54) is 19.3 Å². The summed E-state index contributed by atoms with van der Waals surface area (Å²) in [6.07, 6.45) is 6.81. The van der Waals surface area contributed by atoms with Gasteiger partial charge in [0.05, 0.1) is 11.7 Å². The average molecular weight is 243 g/mol. The van der Waals surface area contributed by atoms with Crippen LogP contribution in [0.25, 0.3) is 0 Å². The lowest BCUT2D eigenvalue weighted by molar-refractivity contribution is 0.0619. The third-order valence-electron chi connectivity index (χ3n) is 4.01. The van der Waals surface area contributed by atoms with Crippen molar-refractivity contribution in [3.05, 3.63) is 23.9 Å². The molecule has 1 saturated heterocycles. The fourth-order valence-electron chi connectivity index (χ4n) is 3.09. The maximum absolute atomic E-state index is 8.75. The van der Waals surface area contributed by atoms with E-state index in [0.717, 1.165) is 18.8 Å². The Hall–Kier alpha value is -1.60. The molecule has 3 rings (SSSR count). The number of nitrogens with one attached hydrogen (secondary N) is 1. The van der Waals surface area contributed by atoms with Crippen LogP contribution in [0.5, 0.6) is 0 Å². The lowest BCUT2D eigenvalue weighted by atomic mass is 9.82. The van der Waals surface area contributed by atoms with Gasteiger partial charge in [-0.1, -0.05) is 0 Å². The number of pyridine rings is 1. The van der Waals surface area contributed by atoms with Crippen LogP contribution in [0.2, 0.25) is 0 Å². The van der Waals surface area contributed by atoms with E-state index in [-0.39, 0.29) is 0 Å². The smallest absolute Gasteiger partial charge is 0.126 e. The number of nitriles is 1. The van der Waals surface area contributed by atoms with Crippen molar-refractivity contribution in [2.24, 2.45) is 5.92 Å². The molecule has 1 aliphatic carbocycles. The number of rotatable bonds is 2. The second-order valence-electron chi connectivity index (χ2n) is 5.09. The molecule has 2 heterocycles. The molecule has 0 amide bonds. The van der Waals surface area contributed by atoms with Crippen molar-refractivity contribution in [1.82, 2.24) is 4.98 Å². The van der Waals surface area contributed by atoms with Crippen molar-refractivity contribution in [1.29, 1.82) is 5.26 Å². The number of hydrogen-bond donors (Lipinski definition) is 1. The molecule has 18 heavy (non-hydrogen) atoms. The summed E-state index contributed by atoms with van der Waals surface area (Å²) in [5, 5.41) is 12.2. The largest absolute Gasteiger partial charge is 0.378 e. The number of nitrogens with zero attached hydrogens (tertiary/aromatic N) is 2. The molecule has 1 aromatic heterocycles. The highest BCUT2D eigenvalue weighted by Gasteiger charge is 2.37. The van der Waals surface area contributed by atoms with Crippen LogP contribution in [-0.4, -0.2) is 23.7 Å². The van der Waals surface area contributed by atoms with E-state index in [9.17, 15) is 0 Å². The molecule has 4 nitrogen and oxygen atoms in total. The Morgan fingerprint density at radius 1 is 1.33 bits per heavy atom. The third-order valence-corrected chi connectivity index (χ3v) is 4.01. The van der Waals surface area contributed by atoms with Crippen LogP contribution in [-0.2, 0) is 4.74 Å². The van der Waals surface area contributed by atoms with Crippen LogP contribution < -0.4 is 5.32 Å². The van der Waals surface area contributed by atoms with E-state index in [0.29, 0.717) is 23.6 Å². The van der Waals surface area contributed by atoms with Crippen LogP contribution >= 0.6 is 0 Å². The Morgan fingerprint density at radius 3 is 3.06 bits per heavy atom. The van der Waals surface area contributed by atoms with Crippen LogP contribution in [0, 0.1) is 17.2 Å². The molecule has 0 radical (unpaired) electrons. The average Bonchev–Trinajstić information content (AvgIpc) is 2.89. The van der Waals surface area contributed by atoms with Gasteiger partial charge in [-0.15, -0.1) is 0 Å². The van der Waals surface area contributed by atoms with Gasteiger partial charge in [-0.2, -0.15) is 5.26 Å². The topological polar surface area (TPSA) is 57.9 Å². The van der Waals surface area contributed by atoms with E-state index in [1.807, 2.05) is 6.07 Å². The minimum Gasteiger partial charge on any atom is -0.378 e. The Morgan fingerprint density at radius 2 is 2.28 bits per heavy atom. The van der Waals surface area contributed by atoms with E-state index in [4.69, 9.17) is 10.00 Å². The summed E-state index contributed by atoms with van der Waals surface area (Å²) in [5.41, 5.74) is 0.603. The van der Waals surface area contributed by atoms with Gasteiger partial charge in [0.15, 0.2) is 0 Å². The Balaban J connectivity index is 1.69. The quantitative estimate of drug-likeness (QED) is 0.866. The second-order valence-corrected chi connectivity index (χ2v) is 5.09. The number of fused-ring (bicyclic) bond motifs is 1. The van der Waals surface area contributed by atoms with E-state index >= 15 is 0 Å². The summed E-state index contributed by atoms with van der Waals surface area (Å²) >= 11 is 0. The standard InChI is InChI=1S/C14H17N3O/c15-8-10-4-5-14(16-9-10)17-12-2-1-3-13-11(12)6-7-18-13/h4-5,9,11-13H,1-3,6-7H2,(H,16,17)/t11-,12-,13+/m1/s1. The molecular formula is C14H17N3O. The highest BCUT2D eigenvalue weighted by Crippen LogP contribution is 2.35. The Labute approximate surface area is 107 Å². The zero-order valence-electron chi connectivity index (χ0n) is 10.3. The summed E-state index contributed by atoms with van der Waals surface area (Å²) in [7, 11) is 0. The van der Waals surface area contributed by atoms with Crippen molar-refractivity contribution in [2.75, 3.05) is 11.9 Å². The normalized spacial score (nSPS) is 30.5. The zero-order chi connectivity index (χ0) is 12.4. The number of anilines is 1. The fourth-order valence-corrected chi connectivity index (χ4v) is 3.09. The van der Waals surface area contributed by atoms with Crippen LogP contribution in [0.4, 0.5) is 5.82 Å². The number of aromatic nitrogens is 1. The van der Waals surface area contributed by atoms with E-state index < -0.39 is 0 Å². The van der Waals surface area contributed by atoms with Gasteiger partial charge in [-0.05, 0) is 37.8 Å². The van der Waals surface area contributed by atoms with Gasteiger partial charge in [0, 0.05) is 24.8 Å². The molecule has 0 aromatic carbocycles. The van der Waals surface area contributed by atoms with Gasteiger partial charge in [0.2, 0.25) is 0 Å². The van der Waals surface area contributed by atoms with Crippen LogP contribution in [0.3, 0.4) is 0 Å². The molecule has 1 aromatic rings. The molecule has 1 saturated carbocycles. The van der Waals surface area contributed by atoms with E-state index in [1.54, 1.807) is 12.3 Å². The summed E-state index contributed by atoms with van der Waals surface area (Å²) in [6, 6.07) is 6.24. The molecule has 2 fully saturated rings. The lowest BCUT2D eigenvalue weighted by Crippen LogP contribution is -2.38. The molecule has 0 spiro atoms. The molecule has 0 unspecified atom stereocenters. The molecule has 3 atom stereocenters. The molecule has 0 bridgehead atoms. The minimum absolute atomic E-state index is 0.439. The first-order valence-corrected chi connectivity index (χ1v) is 6.61. The van der Waals surface area contributed by atoms with Crippen molar-refractivity contribution in [3.63, 3.8) is 0 Å². The maximum atomic E-state index is 8.75. The van der Waals surface area contributed by atoms with Crippen molar-refractivity contribution >= 4 is 5.82 Å². The Kier molecular flexibility index (Phi) is 3.16. The van der Waals surface area contributed by atoms with E-state index in [2.05, 4.69) is 16.4 Å². The summed E-state index contributed by atoms with van der Waals surface area (Å²) in [5.74, 6) is 1.49. The third kappa shape index (κ3) is 2.19. The van der Waals surface area contributed by atoms with Gasteiger partial charge in [-0.25, -0.2) is 4.98 Å². The zero-order valence-corrected chi connectivity index (χ0v) is 10.3.